The number of halogens is 3. The highest BCUT2D eigenvalue weighted by Gasteiger charge is 2.16. The van der Waals surface area contributed by atoms with E-state index in [2.05, 4.69) is 14.4 Å². The molecule has 0 unspecified atom stereocenters. The maximum atomic E-state index is 13.6. The molecule has 0 radical (unpaired) electrons. The lowest BCUT2D eigenvalue weighted by atomic mass is 10.1. The Morgan fingerprint density at radius 1 is 1.37 bits per heavy atom. The van der Waals surface area contributed by atoms with Crippen molar-refractivity contribution in [3.8, 4) is 17.0 Å². The zero-order valence-corrected chi connectivity index (χ0v) is 9.14. The lowest BCUT2D eigenvalue weighted by Crippen LogP contribution is -2.02. The predicted octanol–water partition coefficient (Wildman–Crippen LogP) is 2.78. The Kier molecular flexibility index (Phi) is 3.41. The quantitative estimate of drug-likeness (QED) is 0.927. The molecule has 1 aromatic carbocycles. The minimum atomic E-state index is -3.06. The van der Waals surface area contributed by atoms with Gasteiger partial charge in [-0.15, -0.1) is 0 Å². The van der Waals surface area contributed by atoms with Crippen molar-refractivity contribution in [3.63, 3.8) is 0 Å². The van der Waals surface area contributed by atoms with Gasteiger partial charge in [-0.1, -0.05) is 5.16 Å². The van der Waals surface area contributed by atoms with Crippen LogP contribution in [0.15, 0.2) is 28.8 Å². The van der Waals surface area contributed by atoms with Crippen molar-refractivity contribution in [2.45, 2.75) is 6.61 Å². The maximum absolute atomic E-state index is 13.6. The van der Waals surface area contributed by atoms with Crippen molar-refractivity contribution in [2.75, 3.05) is 0 Å². The number of carboxylic acid groups (broad SMARTS) is 1. The average Bonchev–Trinajstić information content (AvgIpc) is 2.77. The van der Waals surface area contributed by atoms with Crippen LogP contribution in [-0.2, 0) is 0 Å². The highest BCUT2D eigenvalue weighted by Crippen LogP contribution is 2.26. The van der Waals surface area contributed by atoms with Gasteiger partial charge in [0.15, 0.2) is 0 Å². The summed E-state index contributed by atoms with van der Waals surface area (Å²) in [4.78, 5) is 10.6. The second kappa shape index (κ2) is 5.01. The normalized spacial score (nSPS) is 10.7. The van der Waals surface area contributed by atoms with E-state index in [0.29, 0.717) is 0 Å². The van der Waals surface area contributed by atoms with Crippen molar-refractivity contribution in [1.29, 1.82) is 0 Å². The third-order valence-electron chi connectivity index (χ3n) is 2.16. The van der Waals surface area contributed by atoms with Crippen molar-refractivity contribution < 1.29 is 32.3 Å². The Labute approximate surface area is 104 Å². The standard InChI is InChI=1S/C11H6F3NO4/c12-7-3-5(18-11(13)14)1-2-6(7)8-4-9(10(16)17)19-15-8/h1-4,11H,(H,16,17). The number of carbonyl (C=O) groups is 1. The molecular formula is C11H6F3NO4. The van der Waals surface area contributed by atoms with Crippen LogP contribution in [0.4, 0.5) is 13.2 Å². The molecular weight excluding hydrogens is 267 g/mol. The molecule has 0 atom stereocenters. The second-order valence-corrected chi connectivity index (χ2v) is 3.40. The number of hydrogen-bond acceptors (Lipinski definition) is 4. The summed E-state index contributed by atoms with van der Waals surface area (Å²) in [5, 5.41) is 12.0. The molecule has 100 valence electrons. The first-order chi connectivity index (χ1) is 8.97. The number of benzene rings is 1. The number of ether oxygens (including phenoxy) is 1. The van der Waals surface area contributed by atoms with Crippen molar-refractivity contribution in [1.82, 2.24) is 5.16 Å². The topological polar surface area (TPSA) is 72.6 Å². The van der Waals surface area contributed by atoms with Crippen molar-refractivity contribution >= 4 is 5.97 Å². The van der Waals surface area contributed by atoms with Crippen LogP contribution in [0.2, 0.25) is 0 Å². The molecule has 2 aromatic rings. The number of hydrogen-bond donors (Lipinski definition) is 1. The summed E-state index contributed by atoms with van der Waals surface area (Å²) in [6.45, 7) is -3.06. The Morgan fingerprint density at radius 2 is 2.11 bits per heavy atom. The van der Waals surface area contributed by atoms with Gasteiger partial charge in [-0.2, -0.15) is 8.78 Å². The Morgan fingerprint density at radius 3 is 2.63 bits per heavy atom. The smallest absolute Gasteiger partial charge is 0.387 e. The zero-order valence-electron chi connectivity index (χ0n) is 9.14. The number of aromatic carboxylic acids is 1. The van der Waals surface area contributed by atoms with Gasteiger partial charge in [0.05, 0.1) is 0 Å². The third kappa shape index (κ3) is 2.84. The second-order valence-electron chi connectivity index (χ2n) is 3.40. The van der Waals surface area contributed by atoms with Gasteiger partial charge in [0.1, 0.15) is 17.3 Å². The van der Waals surface area contributed by atoms with Crippen LogP contribution in [-0.4, -0.2) is 22.8 Å². The number of rotatable bonds is 4. The van der Waals surface area contributed by atoms with Gasteiger partial charge in [0.25, 0.3) is 0 Å². The lowest BCUT2D eigenvalue weighted by Gasteiger charge is -2.05. The van der Waals surface area contributed by atoms with E-state index in [4.69, 9.17) is 5.11 Å². The van der Waals surface area contributed by atoms with Gasteiger partial charge < -0.3 is 14.4 Å². The van der Waals surface area contributed by atoms with E-state index in [1.807, 2.05) is 0 Å². The van der Waals surface area contributed by atoms with Gasteiger partial charge in [0.2, 0.25) is 5.76 Å². The highest BCUT2D eigenvalue weighted by molar-refractivity contribution is 5.85. The average molecular weight is 273 g/mol. The summed E-state index contributed by atoms with van der Waals surface area (Å²) >= 11 is 0. The van der Waals surface area contributed by atoms with E-state index in [9.17, 15) is 18.0 Å². The fourth-order valence-electron chi connectivity index (χ4n) is 1.38. The van der Waals surface area contributed by atoms with Crippen molar-refractivity contribution in [3.05, 3.63) is 35.8 Å². The number of alkyl halides is 2. The van der Waals surface area contributed by atoms with Gasteiger partial charge in [-0.05, 0) is 12.1 Å². The molecule has 0 spiro atoms. The van der Waals surface area contributed by atoms with Crippen LogP contribution >= 0.6 is 0 Å². The first kappa shape index (κ1) is 12.9. The fraction of sp³-hybridized carbons (Fsp3) is 0.0909. The third-order valence-corrected chi connectivity index (χ3v) is 2.16. The van der Waals surface area contributed by atoms with Crippen LogP contribution in [0.1, 0.15) is 10.6 Å². The van der Waals surface area contributed by atoms with E-state index in [-0.39, 0.29) is 17.0 Å². The molecule has 0 bridgehead atoms. The van der Waals surface area contributed by atoms with Gasteiger partial charge in [0, 0.05) is 17.7 Å². The molecule has 0 amide bonds. The van der Waals surface area contributed by atoms with E-state index >= 15 is 0 Å². The summed E-state index contributed by atoms with van der Waals surface area (Å²) in [5.74, 6) is -3.04. The minimum absolute atomic E-state index is 0.0569. The summed E-state index contributed by atoms with van der Waals surface area (Å²) in [7, 11) is 0. The number of carboxylic acids is 1. The fourth-order valence-corrected chi connectivity index (χ4v) is 1.38. The molecule has 1 heterocycles. The Balaban J connectivity index is 2.32. The van der Waals surface area contributed by atoms with Crippen LogP contribution in [0.5, 0.6) is 5.75 Å². The largest absolute Gasteiger partial charge is 0.475 e. The SMILES string of the molecule is O=C(O)c1cc(-c2ccc(OC(F)F)cc2F)no1. The minimum Gasteiger partial charge on any atom is -0.475 e. The Hall–Kier alpha value is -2.51. The first-order valence-electron chi connectivity index (χ1n) is 4.92. The molecule has 0 saturated heterocycles. The van der Waals surface area contributed by atoms with Gasteiger partial charge in [-0.25, -0.2) is 9.18 Å². The molecule has 19 heavy (non-hydrogen) atoms. The van der Waals surface area contributed by atoms with E-state index in [1.54, 1.807) is 0 Å². The van der Waals surface area contributed by atoms with E-state index in [1.165, 1.54) is 0 Å². The monoisotopic (exact) mass is 273 g/mol. The number of nitrogens with zero attached hydrogens (tertiary/aromatic N) is 1. The molecule has 2 rings (SSSR count). The summed E-state index contributed by atoms with van der Waals surface area (Å²) in [5.41, 5.74) is -0.142. The molecule has 8 heteroatoms. The number of aromatic nitrogens is 1. The molecule has 1 N–H and O–H groups in total. The van der Waals surface area contributed by atoms with Crippen molar-refractivity contribution in [2.24, 2.45) is 0 Å². The highest BCUT2D eigenvalue weighted by atomic mass is 19.3. The van der Waals surface area contributed by atoms with E-state index < -0.39 is 24.2 Å². The molecule has 0 aliphatic rings. The summed E-state index contributed by atoms with van der Waals surface area (Å²) in [6.07, 6.45) is 0. The summed E-state index contributed by atoms with van der Waals surface area (Å²) in [6, 6.07) is 4.02. The lowest BCUT2D eigenvalue weighted by molar-refractivity contribution is -0.0499. The predicted molar refractivity (Wildman–Crippen MR) is 55.5 cm³/mol. The molecule has 1 aromatic heterocycles. The van der Waals surface area contributed by atoms with Gasteiger partial charge >= 0.3 is 12.6 Å². The zero-order chi connectivity index (χ0) is 14.0. The van der Waals surface area contributed by atoms with Crippen LogP contribution in [0, 0.1) is 5.82 Å². The van der Waals surface area contributed by atoms with Gasteiger partial charge in [-0.3, -0.25) is 0 Å². The molecule has 5 nitrogen and oxygen atoms in total. The summed E-state index contributed by atoms with van der Waals surface area (Å²) < 4.78 is 46.0. The van der Waals surface area contributed by atoms with Crippen LogP contribution in [0.3, 0.4) is 0 Å². The molecule has 0 saturated carbocycles. The molecule has 0 fully saturated rings. The Bertz CT molecular complexity index is 612. The first-order valence-corrected chi connectivity index (χ1v) is 4.92. The van der Waals surface area contributed by atoms with Crippen LogP contribution < -0.4 is 4.74 Å². The van der Waals surface area contributed by atoms with Crippen LogP contribution in [0.25, 0.3) is 11.3 Å². The molecule has 0 aliphatic heterocycles. The van der Waals surface area contributed by atoms with E-state index in [0.717, 1.165) is 24.3 Å². The maximum Gasteiger partial charge on any atom is 0.387 e. The molecule has 0 aliphatic carbocycles.